The van der Waals surface area contributed by atoms with Crippen LogP contribution < -0.4 is 0 Å². The molecule has 0 N–H and O–H groups in total. The number of unbranched alkanes of at least 4 members (excludes halogenated alkanes) is 41. The first-order valence-electron chi connectivity index (χ1n) is 34.9. The van der Waals surface area contributed by atoms with E-state index >= 15 is 0 Å². The molecular weight excluding hydrogens is 985 g/mol. The number of esters is 3. The van der Waals surface area contributed by atoms with Gasteiger partial charge in [-0.05, 0) is 83.5 Å². The second-order valence-corrected chi connectivity index (χ2v) is 23.4. The van der Waals surface area contributed by atoms with Crippen molar-refractivity contribution in [3.63, 3.8) is 0 Å². The summed E-state index contributed by atoms with van der Waals surface area (Å²) in [6.07, 6.45) is 89.4. The fraction of sp³-hybridized carbons (Fsp3) is 0.797. The summed E-state index contributed by atoms with van der Waals surface area (Å²) >= 11 is 0. The normalized spacial score (nSPS) is 12.5. The van der Waals surface area contributed by atoms with Gasteiger partial charge in [0, 0.05) is 19.3 Å². The predicted molar refractivity (Wildman–Crippen MR) is 348 cm³/mol. The number of ether oxygens (including phenoxy) is 3. The van der Waals surface area contributed by atoms with Gasteiger partial charge in [0.1, 0.15) is 13.2 Å². The highest BCUT2D eigenvalue weighted by atomic mass is 16.6. The van der Waals surface area contributed by atoms with Crippen molar-refractivity contribution in [2.45, 2.75) is 367 Å². The van der Waals surface area contributed by atoms with Crippen LogP contribution in [0.1, 0.15) is 361 Å². The summed E-state index contributed by atoms with van der Waals surface area (Å²) in [5.74, 6) is -0.874. The van der Waals surface area contributed by atoms with E-state index in [-0.39, 0.29) is 31.1 Å². The molecule has 0 saturated heterocycles. The van der Waals surface area contributed by atoms with Crippen molar-refractivity contribution < 1.29 is 28.6 Å². The molecule has 0 aliphatic rings. The average molecular weight is 1120 g/mol. The molecular formula is C74H132O6. The van der Waals surface area contributed by atoms with E-state index in [4.69, 9.17) is 14.2 Å². The highest BCUT2D eigenvalue weighted by Gasteiger charge is 2.19. The number of hydrogen-bond acceptors (Lipinski definition) is 6. The van der Waals surface area contributed by atoms with Crippen LogP contribution in [0.25, 0.3) is 0 Å². The lowest BCUT2D eigenvalue weighted by molar-refractivity contribution is -0.167. The summed E-state index contributed by atoms with van der Waals surface area (Å²) in [7, 11) is 0. The molecule has 6 nitrogen and oxygen atoms in total. The molecule has 0 radical (unpaired) electrons. The Hall–Kier alpha value is -3.15. The van der Waals surface area contributed by atoms with Crippen LogP contribution in [0, 0.1) is 0 Å². The standard InChI is InChI=1S/C74H132O6/c1-4-7-10-13-16-19-22-24-26-28-30-32-34-36-38-39-41-43-45-47-49-52-55-58-61-64-67-73(76)79-70-71(69-78-72(75)66-63-60-57-54-51-21-18-15-12-9-6-3)80-74(77)68-65-62-59-56-53-50-48-46-44-42-40-37-35-33-31-29-27-25-23-20-17-14-11-8-5-2/h8,11,15,17-18,20,25,27,31,33,37,40,71H,4-7,9-10,12-14,16,19,21-24,26,28-30,32,34-36,38-39,41-70H2,1-3H3/b11-8-,18-15-,20-17-,27-25-,33-31-,40-37-. The van der Waals surface area contributed by atoms with Gasteiger partial charge in [-0.1, -0.05) is 331 Å². The fourth-order valence-corrected chi connectivity index (χ4v) is 10.2. The van der Waals surface area contributed by atoms with Crippen LogP contribution >= 0.6 is 0 Å². The zero-order chi connectivity index (χ0) is 57.8. The maximum Gasteiger partial charge on any atom is 0.306 e. The van der Waals surface area contributed by atoms with Gasteiger partial charge < -0.3 is 14.2 Å². The minimum absolute atomic E-state index is 0.0768. The Bertz CT molecular complexity index is 1470. The molecule has 1 unspecified atom stereocenters. The van der Waals surface area contributed by atoms with Crippen LogP contribution in [0.4, 0.5) is 0 Å². The Balaban J connectivity index is 4.21. The van der Waals surface area contributed by atoms with E-state index in [9.17, 15) is 14.4 Å². The van der Waals surface area contributed by atoms with Crippen LogP contribution in [0.15, 0.2) is 72.9 Å². The zero-order valence-electron chi connectivity index (χ0n) is 53.3. The summed E-state index contributed by atoms with van der Waals surface area (Å²) in [4.78, 5) is 38.4. The van der Waals surface area contributed by atoms with E-state index in [1.54, 1.807) is 0 Å². The Morgan fingerprint density at radius 1 is 0.263 bits per heavy atom. The Labute approximate surface area is 497 Å². The molecule has 0 aliphatic carbocycles. The minimum Gasteiger partial charge on any atom is -0.462 e. The van der Waals surface area contributed by atoms with E-state index in [2.05, 4.69) is 93.7 Å². The quantitative estimate of drug-likeness (QED) is 0.0261. The third-order valence-corrected chi connectivity index (χ3v) is 15.4. The van der Waals surface area contributed by atoms with Crippen molar-refractivity contribution in [3.8, 4) is 0 Å². The smallest absolute Gasteiger partial charge is 0.306 e. The van der Waals surface area contributed by atoms with Gasteiger partial charge in [0.25, 0.3) is 0 Å². The third-order valence-electron chi connectivity index (χ3n) is 15.4. The SMILES string of the molecule is CC/C=C\C/C=C\C/C=C\C/C=C\C/C=C\CCCCCCCCCCCC(=O)OC(COC(=O)CCCCCCC/C=C\CCCC)COC(=O)CCCCCCCCCCCCCCCCCCCCCCCCCCCC. The molecule has 0 aromatic carbocycles. The van der Waals surface area contributed by atoms with E-state index in [0.29, 0.717) is 19.3 Å². The van der Waals surface area contributed by atoms with Crippen molar-refractivity contribution in [1.82, 2.24) is 0 Å². The molecule has 0 amide bonds. The molecule has 0 spiro atoms. The molecule has 0 aromatic heterocycles. The fourth-order valence-electron chi connectivity index (χ4n) is 10.2. The highest BCUT2D eigenvalue weighted by Crippen LogP contribution is 2.18. The number of hydrogen-bond donors (Lipinski definition) is 0. The Morgan fingerprint density at radius 2 is 0.500 bits per heavy atom. The third kappa shape index (κ3) is 65.7. The molecule has 0 aliphatic heterocycles. The lowest BCUT2D eigenvalue weighted by Gasteiger charge is -2.18. The first-order chi connectivity index (χ1) is 39.5. The Kier molecular flexibility index (Phi) is 65.7. The van der Waals surface area contributed by atoms with Gasteiger partial charge in [-0.25, -0.2) is 0 Å². The van der Waals surface area contributed by atoms with Crippen molar-refractivity contribution >= 4 is 17.9 Å². The van der Waals surface area contributed by atoms with Gasteiger partial charge in [-0.3, -0.25) is 14.4 Å². The van der Waals surface area contributed by atoms with Crippen LogP contribution in [0.2, 0.25) is 0 Å². The minimum atomic E-state index is -0.782. The van der Waals surface area contributed by atoms with E-state index in [1.807, 2.05) is 0 Å². The summed E-state index contributed by atoms with van der Waals surface area (Å²) in [6.45, 7) is 6.53. The summed E-state index contributed by atoms with van der Waals surface area (Å²) < 4.78 is 16.9. The lowest BCUT2D eigenvalue weighted by Crippen LogP contribution is -2.30. The Morgan fingerprint density at radius 3 is 0.812 bits per heavy atom. The second-order valence-electron chi connectivity index (χ2n) is 23.4. The van der Waals surface area contributed by atoms with E-state index < -0.39 is 6.10 Å². The van der Waals surface area contributed by atoms with Crippen molar-refractivity contribution in [2.24, 2.45) is 0 Å². The molecule has 0 heterocycles. The molecule has 0 saturated carbocycles. The van der Waals surface area contributed by atoms with Crippen LogP contribution in [-0.4, -0.2) is 37.2 Å². The van der Waals surface area contributed by atoms with Gasteiger partial charge in [0.05, 0.1) is 0 Å². The molecule has 464 valence electrons. The largest absolute Gasteiger partial charge is 0.462 e. The summed E-state index contributed by atoms with van der Waals surface area (Å²) in [5, 5.41) is 0. The van der Waals surface area contributed by atoms with Crippen LogP contribution in [0.5, 0.6) is 0 Å². The van der Waals surface area contributed by atoms with Gasteiger partial charge in [0.2, 0.25) is 0 Å². The first-order valence-corrected chi connectivity index (χ1v) is 34.9. The van der Waals surface area contributed by atoms with Crippen LogP contribution in [-0.2, 0) is 28.6 Å². The van der Waals surface area contributed by atoms with Crippen molar-refractivity contribution in [2.75, 3.05) is 13.2 Å². The first kappa shape index (κ1) is 76.9. The van der Waals surface area contributed by atoms with E-state index in [1.165, 1.54) is 218 Å². The van der Waals surface area contributed by atoms with Gasteiger partial charge in [-0.15, -0.1) is 0 Å². The van der Waals surface area contributed by atoms with Crippen molar-refractivity contribution in [3.05, 3.63) is 72.9 Å². The number of rotatable bonds is 64. The topological polar surface area (TPSA) is 78.9 Å². The van der Waals surface area contributed by atoms with E-state index in [0.717, 1.165) is 103 Å². The maximum atomic E-state index is 12.9. The second kappa shape index (κ2) is 68.3. The van der Waals surface area contributed by atoms with Gasteiger partial charge >= 0.3 is 17.9 Å². The molecule has 0 aromatic rings. The molecule has 0 bridgehead atoms. The summed E-state index contributed by atoms with van der Waals surface area (Å²) in [5.41, 5.74) is 0. The van der Waals surface area contributed by atoms with Crippen LogP contribution in [0.3, 0.4) is 0 Å². The molecule has 0 fully saturated rings. The monoisotopic (exact) mass is 1120 g/mol. The molecule has 0 rings (SSSR count). The van der Waals surface area contributed by atoms with Gasteiger partial charge in [0.15, 0.2) is 6.10 Å². The zero-order valence-corrected chi connectivity index (χ0v) is 53.3. The molecule has 80 heavy (non-hydrogen) atoms. The predicted octanol–water partition coefficient (Wildman–Crippen LogP) is 24.1. The highest BCUT2D eigenvalue weighted by molar-refractivity contribution is 5.71. The maximum absolute atomic E-state index is 12.9. The number of carbonyl (C=O) groups excluding carboxylic acids is 3. The van der Waals surface area contributed by atoms with Crippen molar-refractivity contribution in [1.29, 1.82) is 0 Å². The van der Waals surface area contributed by atoms with Gasteiger partial charge in [-0.2, -0.15) is 0 Å². The number of carbonyl (C=O) groups is 3. The summed E-state index contributed by atoms with van der Waals surface area (Å²) in [6, 6.07) is 0. The number of allylic oxidation sites excluding steroid dienone is 12. The molecule has 6 heteroatoms. The lowest BCUT2D eigenvalue weighted by atomic mass is 10.0. The average Bonchev–Trinajstić information content (AvgIpc) is 3.46. The molecule has 1 atom stereocenters.